The maximum Gasteiger partial charge on any atom is 0.233 e. The first-order valence-corrected chi connectivity index (χ1v) is 8.67. The Morgan fingerprint density at radius 2 is 1.67 bits per heavy atom. The second-order valence-electron chi connectivity index (χ2n) is 6.54. The lowest BCUT2D eigenvalue weighted by molar-refractivity contribution is -0.120. The summed E-state index contributed by atoms with van der Waals surface area (Å²) in [5, 5.41) is 6.39. The topological polar surface area (TPSA) is 41.1 Å². The standard InChI is InChI=1S/C21H28N2O/c1-16(2)21(19-11-5-4-6-12-19)23-15-20(24)22-14-13-18-10-8-7-9-17(18)3/h4-12,16,21,23H,13-15H2,1-3H3,(H,22,24)/t21-/m1/s1. The summed E-state index contributed by atoms with van der Waals surface area (Å²) in [6, 6.07) is 18.8. The molecule has 2 N–H and O–H groups in total. The zero-order chi connectivity index (χ0) is 17.4. The molecule has 24 heavy (non-hydrogen) atoms. The quantitative estimate of drug-likeness (QED) is 0.778. The van der Waals surface area contributed by atoms with Crippen LogP contribution in [0.2, 0.25) is 0 Å². The van der Waals surface area contributed by atoms with Gasteiger partial charge in [0.1, 0.15) is 0 Å². The lowest BCUT2D eigenvalue weighted by Crippen LogP contribution is -2.38. The summed E-state index contributed by atoms with van der Waals surface area (Å²) in [6.07, 6.45) is 0.866. The van der Waals surface area contributed by atoms with Crippen LogP contribution in [0.1, 0.15) is 36.6 Å². The number of benzene rings is 2. The number of carbonyl (C=O) groups is 1. The van der Waals surface area contributed by atoms with E-state index in [0.29, 0.717) is 19.0 Å². The molecule has 0 saturated heterocycles. The SMILES string of the molecule is Cc1ccccc1CCNC(=O)CN[C@@H](c1ccccc1)C(C)C. The maximum atomic E-state index is 12.1. The Hall–Kier alpha value is -2.13. The van der Waals surface area contributed by atoms with Crippen molar-refractivity contribution in [2.45, 2.75) is 33.2 Å². The van der Waals surface area contributed by atoms with Gasteiger partial charge in [-0.25, -0.2) is 0 Å². The third-order valence-corrected chi connectivity index (χ3v) is 4.29. The van der Waals surface area contributed by atoms with E-state index in [1.54, 1.807) is 0 Å². The monoisotopic (exact) mass is 324 g/mol. The van der Waals surface area contributed by atoms with Crippen LogP contribution in [0.15, 0.2) is 54.6 Å². The molecule has 0 aromatic heterocycles. The normalized spacial score (nSPS) is 12.2. The molecule has 0 bridgehead atoms. The van der Waals surface area contributed by atoms with E-state index in [-0.39, 0.29) is 11.9 Å². The third kappa shape index (κ3) is 5.50. The van der Waals surface area contributed by atoms with Crippen molar-refractivity contribution in [2.75, 3.05) is 13.1 Å². The van der Waals surface area contributed by atoms with Crippen LogP contribution in [-0.4, -0.2) is 19.0 Å². The van der Waals surface area contributed by atoms with Crippen LogP contribution < -0.4 is 10.6 Å². The summed E-state index contributed by atoms with van der Waals surface area (Å²) in [6.45, 7) is 7.45. The molecule has 2 aromatic rings. The van der Waals surface area contributed by atoms with Gasteiger partial charge in [-0.1, -0.05) is 68.4 Å². The number of aryl methyl sites for hydroxylation is 1. The van der Waals surface area contributed by atoms with Gasteiger partial charge in [-0.15, -0.1) is 0 Å². The molecular weight excluding hydrogens is 296 g/mol. The maximum absolute atomic E-state index is 12.1. The van der Waals surface area contributed by atoms with Crippen LogP contribution in [0.25, 0.3) is 0 Å². The minimum atomic E-state index is 0.0464. The summed E-state index contributed by atoms with van der Waals surface area (Å²) >= 11 is 0. The van der Waals surface area contributed by atoms with Crippen molar-refractivity contribution >= 4 is 5.91 Å². The zero-order valence-electron chi connectivity index (χ0n) is 14.9. The van der Waals surface area contributed by atoms with E-state index in [2.05, 4.69) is 55.7 Å². The molecule has 0 aliphatic heterocycles. The molecule has 2 rings (SSSR count). The van der Waals surface area contributed by atoms with Crippen LogP contribution in [0, 0.1) is 12.8 Å². The fourth-order valence-electron chi connectivity index (χ4n) is 2.89. The minimum absolute atomic E-state index is 0.0464. The van der Waals surface area contributed by atoms with Crippen molar-refractivity contribution in [2.24, 2.45) is 5.92 Å². The second kappa shape index (κ2) is 9.24. The van der Waals surface area contributed by atoms with Gasteiger partial charge >= 0.3 is 0 Å². The molecule has 128 valence electrons. The Morgan fingerprint density at radius 1 is 1.00 bits per heavy atom. The van der Waals surface area contributed by atoms with Gasteiger partial charge in [-0.05, 0) is 36.0 Å². The van der Waals surface area contributed by atoms with Gasteiger partial charge in [0.25, 0.3) is 0 Å². The molecule has 0 radical (unpaired) electrons. The van der Waals surface area contributed by atoms with Gasteiger partial charge in [0, 0.05) is 12.6 Å². The van der Waals surface area contributed by atoms with Crippen LogP contribution in [-0.2, 0) is 11.2 Å². The Morgan fingerprint density at radius 3 is 2.33 bits per heavy atom. The largest absolute Gasteiger partial charge is 0.355 e. The summed E-state index contributed by atoms with van der Waals surface area (Å²) in [5.74, 6) is 0.470. The molecule has 2 aromatic carbocycles. The van der Waals surface area contributed by atoms with E-state index in [1.165, 1.54) is 16.7 Å². The first-order chi connectivity index (χ1) is 11.6. The van der Waals surface area contributed by atoms with Crippen LogP contribution >= 0.6 is 0 Å². The van der Waals surface area contributed by atoms with Crippen LogP contribution in [0.3, 0.4) is 0 Å². The van der Waals surface area contributed by atoms with E-state index in [9.17, 15) is 4.79 Å². The predicted molar refractivity (Wildman–Crippen MR) is 99.9 cm³/mol. The molecule has 0 aliphatic rings. The Kier molecular flexibility index (Phi) is 7.01. The highest BCUT2D eigenvalue weighted by Gasteiger charge is 2.16. The minimum Gasteiger partial charge on any atom is -0.355 e. The Balaban J connectivity index is 1.78. The molecule has 0 saturated carbocycles. The number of nitrogens with one attached hydrogen (secondary N) is 2. The highest BCUT2D eigenvalue weighted by atomic mass is 16.1. The van der Waals surface area contributed by atoms with Crippen LogP contribution in [0.4, 0.5) is 0 Å². The zero-order valence-corrected chi connectivity index (χ0v) is 14.9. The average molecular weight is 324 g/mol. The molecule has 0 heterocycles. The molecule has 0 spiro atoms. The van der Waals surface area contributed by atoms with Gasteiger partial charge in [0.05, 0.1) is 6.54 Å². The number of rotatable bonds is 8. The van der Waals surface area contributed by atoms with Crippen molar-refractivity contribution in [3.05, 3.63) is 71.3 Å². The smallest absolute Gasteiger partial charge is 0.233 e. The molecule has 0 fully saturated rings. The fraction of sp³-hybridized carbons (Fsp3) is 0.381. The lowest BCUT2D eigenvalue weighted by Gasteiger charge is -2.22. The van der Waals surface area contributed by atoms with E-state index < -0.39 is 0 Å². The van der Waals surface area contributed by atoms with E-state index in [1.807, 2.05) is 30.3 Å². The average Bonchev–Trinajstić information content (AvgIpc) is 2.57. The molecule has 1 amide bonds. The summed E-state index contributed by atoms with van der Waals surface area (Å²) in [7, 11) is 0. The van der Waals surface area contributed by atoms with Crippen molar-refractivity contribution in [3.8, 4) is 0 Å². The molecule has 1 atom stereocenters. The number of amides is 1. The van der Waals surface area contributed by atoms with Gasteiger partial charge < -0.3 is 10.6 Å². The van der Waals surface area contributed by atoms with Gasteiger partial charge in [0.15, 0.2) is 0 Å². The highest BCUT2D eigenvalue weighted by Crippen LogP contribution is 2.20. The summed E-state index contributed by atoms with van der Waals surface area (Å²) < 4.78 is 0. The highest BCUT2D eigenvalue weighted by molar-refractivity contribution is 5.78. The van der Waals surface area contributed by atoms with Crippen molar-refractivity contribution in [3.63, 3.8) is 0 Å². The van der Waals surface area contributed by atoms with E-state index in [4.69, 9.17) is 0 Å². The van der Waals surface area contributed by atoms with Crippen molar-refractivity contribution in [1.82, 2.24) is 10.6 Å². The van der Waals surface area contributed by atoms with E-state index >= 15 is 0 Å². The van der Waals surface area contributed by atoms with Gasteiger partial charge in [-0.3, -0.25) is 4.79 Å². The Labute approximate surface area is 145 Å². The first-order valence-electron chi connectivity index (χ1n) is 8.67. The lowest BCUT2D eigenvalue weighted by atomic mass is 9.96. The summed E-state index contributed by atoms with van der Waals surface area (Å²) in [5.41, 5.74) is 3.78. The first kappa shape index (κ1) is 18.2. The summed E-state index contributed by atoms with van der Waals surface area (Å²) in [4.78, 5) is 12.1. The number of hydrogen-bond donors (Lipinski definition) is 2. The van der Waals surface area contributed by atoms with Crippen molar-refractivity contribution < 1.29 is 4.79 Å². The van der Waals surface area contributed by atoms with Crippen LogP contribution in [0.5, 0.6) is 0 Å². The van der Waals surface area contributed by atoms with Crippen molar-refractivity contribution in [1.29, 1.82) is 0 Å². The fourth-order valence-corrected chi connectivity index (χ4v) is 2.89. The van der Waals surface area contributed by atoms with E-state index in [0.717, 1.165) is 6.42 Å². The molecule has 0 aliphatic carbocycles. The second-order valence-corrected chi connectivity index (χ2v) is 6.54. The van der Waals surface area contributed by atoms with Gasteiger partial charge in [0.2, 0.25) is 5.91 Å². The Bertz CT molecular complexity index is 637. The predicted octanol–water partition coefficient (Wildman–Crippen LogP) is 3.64. The number of hydrogen-bond acceptors (Lipinski definition) is 2. The third-order valence-electron chi connectivity index (χ3n) is 4.29. The molecule has 3 nitrogen and oxygen atoms in total. The molecular formula is C21H28N2O. The molecule has 0 unspecified atom stereocenters. The molecule has 3 heteroatoms. The number of carbonyl (C=O) groups excluding carboxylic acids is 1. The van der Waals surface area contributed by atoms with Gasteiger partial charge in [-0.2, -0.15) is 0 Å².